The zero-order chi connectivity index (χ0) is 29.1. The number of nitro benzene ring substituents is 2. The molecule has 16 heteroatoms. The molecular formula is C24H12N6O8S2. The molecule has 0 spiro atoms. The van der Waals surface area contributed by atoms with Crippen LogP contribution < -0.4 is 11.1 Å². The van der Waals surface area contributed by atoms with Gasteiger partial charge in [-0.15, -0.1) is 0 Å². The second kappa shape index (κ2) is 11.0. The molecule has 0 saturated carbocycles. The van der Waals surface area contributed by atoms with Crippen molar-refractivity contribution in [3.05, 3.63) is 101 Å². The lowest BCUT2D eigenvalue weighted by molar-refractivity contribution is -0.385. The van der Waals surface area contributed by atoms with Crippen LogP contribution in [-0.2, 0) is 0 Å². The van der Waals surface area contributed by atoms with Crippen LogP contribution in [0.1, 0.15) is 11.1 Å². The zero-order valence-electron chi connectivity index (χ0n) is 19.6. The van der Waals surface area contributed by atoms with Gasteiger partial charge < -0.3 is 10.2 Å². The number of pyridine rings is 2. The Morgan fingerprint density at radius 3 is 1.43 bits per heavy atom. The molecule has 0 amide bonds. The summed E-state index contributed by atoms with van der Waals surface area (Å²) < 4.78 is 0. The Morgan fingerprint density at radius 1 is 0.725 bits per heavy atom. The van der Waals surface area contributed by atoms with Crippen molar-refractivity contribution in [2.24, 2.45) is 0 Å². The summed E-state index contributed by atoms with van der Waals surface area (Å²) in [4.78, 5) is 50.9. The number of nitro groups is 2. The van der Waals surface area contributed by atoms with E-state index in [-0.39, 0.29) is 43.4 Å². The summed E-state index contributed by atoms with van der Waals surface area (Å²) in [5.74, 6) is -1.57. The number of aromatic amines is 2. The third-order valence-electron chi connectivity index (χ3n) is 5.43. The maximum atomic E-state index is 12.9. The van der Waals surface area contributed by atoms with Crippen molar-refractivity contribution in [1.29, 1.82) is 10.5 Å². The molecule has 0 saturated heterocycles. The van der Waals surface area contributed by atoms with Crippen LogP contribution in [0.3, 0.4) is 0 Å². The van der Waals surface area contributed by atoms with Gasteiger partial charge in [-0.2, -0.15) is 10.5 Å². The maximum absolute atomic E-state index is 12.9. The average Bonchev–Trinajstić information content (AvgIpc) is 2.92. The van der Waals surface area contributed by atoms with Gasteiger partial charge in [-0.05, 0) is 32.7 Å². The first-order chi connectivity index (χ1) is 19.1. The number of rotatable bonds is 7. The maximum Gasteiger partial charge on any atom is 0.270 e. The molecule has 40 heavy (non-hydrogen) atoms. The van der Waals surface area contributed by atoms with Gasteiger partial charge in [-0.1, -0.05) is 24.3 Å². The number of aromatic hydroxyl groups is 2. The molecule has 0 fully saturated rings. The normalized spacial score (nSPS) is 10.4. The molecule has 0 radical (unpaired) electrons. The largest absolute Gasteiger partial charge is 0.494 e. The fraction of sp³-hybridized carbons (Fsp3) is 0. The van der Waals surface area contributed by atoms with Crippen molar-refractivity contribution in [2.75, 3.05) is 0 Å². The third kappa shape index (κ3) is 5.07. The lowest BCUT2D eigenvalue weighted by Gasteiger charge is -2.14. The van der Waals surface area contributed by atoms with E-state index in [1.165, 1.54) is 36.4 Å². The third-order valence-corrected chi connectivity index (χ3v) is 7.87. The minimum absolute atomic E-state index is 0.0477. The molecule has 4 N–H and O–H groups in total. The molecule has 4 rings (SSSR count). The molecule has 198 valence electrons. The first-order valence-electron chi connectivity index (χ1n) is 10.7. The number of benzene rings is 2. The van der Waals surface area contributed by atoms with Gasteiger partial charge in [-0.25, -0.2) is 0 Å². The van der Waals surface area contributed by atoms with E-state index in [4.69, 9.17) is 0 Å². The summed E-state index contributed by atoms with van der Waals surface area (Å²) in [6, 6.07) is 13.5. The number of hydrogen-bond acceptors (Lipinski definition) is 12. The van der Waals surface area contributed by atoms with Crippen LogP contribution in [0.25, 0.3) is 22.3 Å². The number of H-pyrrole nitrogens is 2. The summed E-state index contributed by atoms with van der Waals surface area (Å²) >= 11 is 0. The van der Waals surface area contributed by atoms with Crippen LogP contribution in [0, 0.1) is 42.9 Å². The summed E-state index contributed by atoms with van der Waals surface area (Å²) in [5, 5.41) is 62.5. The molecule has 0 aliphatic heterocycles. The molecule has 0 atom stereocenters. The number of non-ortho nitro benzene ring substituents is 2. The number of aromatic nitrogens is 2. The number of nitrogens with one attached hydrogen (secondary N) is 2. The molecule has 14 nitrogen and oxygen atoms in total. The fourth-order valence-corrected chi connectivity index (χ4v) is 6.19. The van der Waals surface area contributed by atoms with Crippen molar-refractivity contribution in [3.8, 4) is 46.2 Å². The van der Waals surface area contributed by atoms with Crippen molar-refractivity contribution < 1.29 is 20.1 Å². The number of nitrogens with zero attached hydrogens (tertiary/aromatic N) is 4. The Kier molecular flexibility index (Phi) is 7.57. The summed E-state index contributed by atoms with van der Waals surface area (Å²) in [7, 11) is 1.26. The molecule has 2 aromatic carbocycles. The van der Waals surface area contributed by atoms with E-state index in [9.17, 15) is 50.6 Å². The summed E-state index contributed by atoms with van der Waals surface area (Å²) in [5.41, 5.74) is -3.53. The van der Waals surface area contributed by atoms with Gasteiger partial charge in [0.2, 0.25) is 11.8 Å². The molecule has 2 heterocycles. The highest BCUT2D eigenvalue weighted by Gasteiger charge is 2.25. The summed E-state index contributed by atoms with van der Waals surface area (Å²) in [6.07, 6.45) is 0. The SMILES string of the molecule is N#Cc1c(O)[nH]c(=O)c(SSc2c(-c3cccc([N+](=O)[O-])c3)c(C#N)c(O)[nH]c2=O)c1-c1cccc([N+](=O)[O-])c1. The van der Waals surface area contributed by atoms with Gasteiger partial charge >= 0.3 is 0 Å². The standard InChI is InChI=1S/C24H12N6O8S2/c25-9-15-17(11-3-1-5-13(7-11)29(35)36)19(23(33)27-21(15)31)39-40-20-18(16(10-26)22(32)28-24(20)34)12-4-2-6-14(8-12)30(37)38/h1-8H,(H2,27,31,33)(H2,28,32,34). The fourth-order valence-electron chi connectivity index (χ4n) is 3.71. The van der Waals surface area contributed by atoms with Crippen molar-refractivity contribution in [2.45, 2.75) is 9.79 Å². The van der Waals surface area contributed by atoms with Crippen LogP contribution in [0.4, 0.5) is 11.4 Å². The van der Waals surface area contributed by atoms with Crippen LogP contribution in [0.15, 0.2) is 67.9 Å². The van der Waals surface area contributed by atoms with Gasteiger partial charge in [0.05, 0.1) is 19.6 Å². The van der Waals surface area contributed by atoms with Gasteiger partial charge in [0.1, 0.15) is 23.3 Å². The van der Waals surface area contributed by atoms with Crippen molar-refractivity contribution in [3.63, 3.8) is 0 Å². The molecule has 0 aliphatic carbocycles. The van der Waals surface area contributed by atoms with E-state index in [1.807, 2.05) is 0 Å². The van der Waals surface area contributed by atoms with E-state index < -0.39 is 43.9 Å². The predicted molar refractivity (Wildman–Crippen MR) is 143 cm³/mol. The first kappa shape index (κ1) is 27.5. The highest BCUT2D eigenvalue weighted by Crippen LogP contribution is 2.46. The molecule has 0 unspecified atom stereocenters. The monoisotopic (exact) mass is 576 g/mol. The van der Waals surface area contributed by atoms with Crippen molar-refractivity contribution >= 4 is 33.0 Å². The average molecular weight is 577 g/mol. The van der Waals surface area contributed by atoms with E-state index in [1.54, 1.807) is 12.1 Å². The Balaban J connectivity index is 1.93. The second-order valence-corrected chi connectivity index (χ2v) is 9.92. The first-order valence-corrected chi connectivity index (χ1v) is 12.8. The van der Waals surface area contributed by atoms with E-state index in [0.717, 1.165) is 12.1 Å². The molecule has 0 aliphatic rings. The van der Waals surface area contributed by atoms with Gasteiger partial charge in [0, 0.05) is 35.4 Å². The zero-order valence-corrected chi connectivity index (χ0v) is 21.2. The number of nitriles is 2. The lowest BCUT2D eigenvalue weighted by atomic mass is 10.0. The molecule has 0 bridgehead atoms. The molecular weight excluding hydrogens is 564 g/mol. The van der Waals surface area contributed by atoms with Gasteiger partial charge in [0.15, 0.2) is 0 Å². The second-order valence-electron chi connectivity index (χ2n) is 7.77. The number of hydrogen-bond donors (Lipinski definition) is 4. The Hall–Kier alpha value is -5.58. The Bertz CT molecular complexity index is 1780. The predicted octanol–water partition coefficient (Wildman–Crippen LogP) is 4.17. The summed E-state index contributed by atoms with van der Waals surface area (Å²) in [6.45, 7) is 0. The van der Waals surface area contributed by atoms with Crippen LogP contribution in [-0.4, -0.2) is 30.0 Å². The molecule has 2 aromatic heterocycles. The smallest absolute Gasteiger partial charge is 0.270 e. The van der Waals surface area contributed by atoms with E-state index in [2.05, 4.69) is 9.97 Å². The lowest BCUT2D eigenvalue weighted by Crippen LogP contribution is -2.13. The Labute approximate surface area is 229 Å². The van der Waals surface area contributed by atoms with Crippen LogP contribution in [0.2, 0.25) is 0 Å². The highest BCUT2D eigenvalue weighted by atomic mass is 33.1. The van der Waals surface area contributed by atoms with Gasteiger partial charge in [-0.3, -0.25) is 39.8 Å². The Morgan fingerprint density at radius 2 is 1.10 bits per heavy atom. The minimum atomic E-state index is -0.900. The van der Waals surface area contributed by atoms with Crippen molar-refractivity contribution in [1.82, 2.24) is 9.97 Å². The van der Waals surface area contributed by atoms with Gasteiger partial charge in [0.25, 0.3) is 22.5 Å². The van der Waals surface area contributed by atoms with Crippen LogP contribution in [0.5, 0.6) is 11.8 Å². The van der Waals surface area contributed by atoms with E-state index >= 15 is 0 Å². The molecule has 4 aromatic rings. The van der Waals surface area contributed by atoms with Crippen LogP contribution >= 0.6 is 21.6 Å². The topological polar surface area (TPSA) is 240 Å². The highest BCUT2D eigenvalue weighted by molar-refractivity contribution is 8.76. The van der Waals surface area contributed by atoms with E-state index in [0.29, 0.717) is 21.6 Å². The quantitative estimate of drug-likeness (QED) is 0.138. The minimum Gasteiger partial charge on any atom is -0.494 e.